The van der Waals surface area contributed by atoms with Crippen molar-refractivity contribution in [2.45, 2.75) is 26.3 Å². The number of carbonyl (C=O) groups is 3. The van der Waals surface area contributed by atoms with Gasteiger partial charge in [-0.25, -0.2) is 5.43 Å². The summed E-state index contributed by atoms with van der Waals surface area (Å²) >= 11 is 5.84. The van der Waals surface area contributed by atoms with Gasteiger partial charge in [0.2, 0.25) is 0 Å². The van der Waals surface area contributed by atoms with Crippen molar-refractivity contribution < 1.29 is 23.9 Å². The normalized spacial score (nSPS) is 10.8. The molecule has 0 atom stereocenters. The van der Waals surface area contributed by atoms with Gasteiger partial charge in [0.05, 0.1) is 13.3 Å². The van der Waals surface area contributed by atoms with Gasteiger partial charge in [0.15, 0.2) is 18.1 Å². The minimum Gasteiger partial charge on any atom is -0.493 e. The number of hydrogen-bond acceptors (Lipinski definition) is 6. The molecule has 3 aromatic rings. The fourth-order valence-corrected chi connectivity index (χ4v) is 3.38. The molecule has 0 radical (unpaired) electrons. The number of rotatable bonds is 10. The first-order chi connectivity index (χ1) is 18.2. The van der Waals surface area contributed by atoms with Gasteiger partial charge in [0, 0.05) is 17.3 Å². The van der Waals surface area contributed by atoms with Crippen LogP contribution < -0.4 is 25.5 Å². The van der Waals surface area contributed by atoms with E-state index in [1.165, 1.54) is 18.9 Å². The molecule has 0 aromatic heterocycles. The molecule has 3 amide bonds. The van der Waals surface area contributed by atoms with Crippen LogP contribution in [0.1, 0.15) is 36.5 Å². The number of nitrogens with zero attached hydrogens (tertiary/aromatic N) is 1. The second-order valence-electron chi connectivity index (χ2n) is 8.53. The minimum absolute atomic E-state index is 0.227. The number of ether oxygens (including phenoxy) is 2. The number of hydrogen-bond donors (Lipinski definition) is 3. The summed E-state index contributed by atoms with van der Waals surface area (Å²) in [6, 6.07) is 19.4. The lowest BCUT2D eigenvalue weighted by molar-refractivity contribution is -0.139. The van der Waals surface area contributed by atoms with Crippen LogP contribution >= 0.6 is 11.6 Å². The van der Waals surface area contributed by atoms with Crippen LogP contribution in [-0.2, 0) is 20.9 Å². The molecule has 0 spiro atoms. The van der Waals surface area contributed by atoms with Gasteiger partial charge < -0.3 is 20.1 Å². The molecular formula is C28H29ClN4O5. The van der Waals surface area contributed by atoms with Crippen LogP contribution in [0.4, 0.5) is 5.69 Å². The van der Waals surface area contributed by atoms with Crippen LogP contribution in [0.3, 0.4) is 0 Å². The fraction of sp³-hybridized carbons (Fsp3) is 0.214. The lowest BCUT2D eigenvalue weighted by atomic mass is 10.0. The smallest absolute Gasteiger partial charge is 0.329 e. The van der Waals surface area contributed by atoms with E-state index >= 15 is 0 Å². The number of anilines is 1. The highest BCUT2D eigenvalue weighted by Crippen LogP contribution is 2.27. The number of hydrazone groups is 1. The Bertz CT molecular complexity index is 1290. The second-order valence-corrected chi connectivity index (χ2v) is 8.97. The third-order valence-electron chi connectivity index (χ3n) is 5.36. The van der Waals surface area contributed by atoms with Crippen LogP contribution in [0, 0.1) is 0 Å². The Morgan fingerprint density at radius 3 is 2.32 bits per heavy atom. The number of halogens is 1. The molecule has 3 aromatic carbocycles. The first kappa shape index (κ1) is 28.2. The maximum absolute atomic E-state index is 12.2. The molecule has 0 bridgehead atoms. The number of nitrogens with one attached hydrogen (secondary N) is 3. The Kier molecular flexibility index (Phi) is 10.2. The molecule has 3 rings (SSSR count). The summed E-state index contributed by atoms with van der Waals surface area (Å²) in [6.45, 7) is 4.20. The number of amides is 3. The van der Waals surface area contributed by atoms with Gasteiger partial charge in [-0.15, -0.1) is 0 Å². The van der Waals surface area contributed by atoms with E-state index in [1.807, 2.05) is 24.3 Å². The first-order valence-corrected chi connectivity index (χ1v) is 12.2. The molecule has 0 fully saturated rings. The topological polar surface area (TPSA) is 118 Å². The van der Waals surface area contributed by atoms with Crippen molar-refractivity contribution in [1.29, 1.82) is 0 Å². The fourth-order valence-electron chi connectivity index (χ4n) is 3.26. The summed E-state index contributed by atoms with van der Waals surface area (Å²) in [6.07, 6.45) is 1.36. The summed E-state index contributed by atoms with van der Waals surface area (Å²) < 4.78 is 10.9. The van der Waals surface area contributed by atoms with E-state index in [9.17, 15) is 14.4 Å². The maximum Gasteiger partial charge on any atom is 0.329 e. The van der Waals surface area contributed by atoms with Crippen LogP contribution in [0.25, 0.3) is 0 Å². The number of benzene rings is 3. The molecule has 0 aliphatic rings. The van der Waals surface area contributed by atoms with Gasteiger partial charge in [-0.2, -0.15) is 5.10 Å². The van der Waals surface area contributed by atoms with E-state index < -0.39 is 11.8 Å². The molecule has 9 nitrogen and oxygen atoms in total. The van der Waals surface area contributed by atoms with Gasteiger partial charge in [0.25, 0.3) is 5.91 Å². The Hall–Kier alpha value is -4.37. The van der Waals surface area contributed by atoms with Crippen molar-refractivity contribution in [2.24, 2.45) is 5.10 Å². The highest BCUT2D eigenvalue weighted by atomic mass is 35.5. The lowest BCUT2D eigenvalue weighted by Crippen LogP contribution is -2.37. The molecule has 0 saturated carbocycles. The average molecular weight is 537 g/mol. The van der Waals surface area contributed by atoms with Crippen LogP contribution in [0.5, 0.6) is 11.5 Å². The summed E-state index contributed by atoms with van der Waals surface area (Å²) in [5.41, 5.74) is 5.45. The monoisotopic (exact) mass is 536 g/mol. The molecule has 10 heteroatoms. The molecule has 0 unspecified atom stereocenters. The van der Waals surface area contributed by atoms with Crippen molar-refractivity contribution in [1.82, 2.24) is 10.7 Å². The molecule has 0 saturated heterocycles. The average Bonchev–Trinajstić information content (AvgIpc) is 2.92. The van der Waals surface area contributed by atoms with E-state index in [0.717, 1.165) is 5.56 Å². The molecule has 3 N–H and O–H groups in total. The predicted molar refractivity (Wildman–Crippen MR) is 147 cm³/mol. The van der Waals surface area contributed by atoms with Crippen molar-refractivity contribution >= 4 is 41.2 Å². The Labute approximate surface area is 226 Å². The summed E-state index contributed by atoms with van der Waals surface area (Å²) in [7, 11) is 1.46. The van der Waals surface area contributed by atoms with Crippen LogP contribution in [-0.4, -0.2) is 37.7 Å². The third kappa shape index (κ3) is 8.63. The SMILES string of the molecule is COc1cc(/C=N\NC(=O)C(=O)NCc2ccc(C(C)C)cc2)ccc1OCC(=O)Nc1ccc(Cl)cc1. The van der Waals surface area contributed by atoms with Crippen molar-refractivity contribution in [2.75, 3.05) is 19.0 Å². The van der Waals surface area contributed by atoms with Gasteiger partial charge in [0.1, 0.15) is 0 Å². The van der Waals surface area contributed by atoms with Gasteiger partial charge in [-0.05, 0) is 65.1 Å². The van der Waals surface area contributed by atoms with E-state index in [0.29, 0.717) is 33.7 Å². The van der Waals surface area contributed by atoms with E-state index in [-0.39, 0.29) is 19.1 Å². The molecule has 0 heterocycles. The van der Waals surface area contributed by atoms with Crippen molar-refractivity contribution in [3.05, 3.63) is 88.4 Å². The van der Waals surface area contributed by atoms with Gasteiger partial charge >= 0.3 is 11.8 Å². The molecule has 38 heavy (non-hydrogen) atoms. The zero-order chi connectivity index (χ0) is 27.5. The Morgan fingerprint density at radius 2 is 1.66 bits per heavy atom. The van der Waals surface area contributed by atoms with Gasteiger partial charge in [-0.1, -0.05) is 49.7 Å². The van der Waals surface area contributed by atoms with Crippen molar-refractivity contribution in [3.63, 3.8) is 0 Å². The maximum atomic E-state index is 12.2. The lowest BCUT2D eigenvalue weighted by Gasteiger charge is -2.11. The van der Waals surface area contributed by atoms with E-state index in [1.54, 1.807) is 42.5 Å². The van der Waals surface area contributed by atoms with E-state index in [4.69, 9.17) is 21.1 Å². The number of carbonyl (C=O) groups excluding carboxylic acids is 3. The predicted octanol–water partition coefficient (Wildman–Crippen LogP) is 4.26. The standard InChI is InChI=1S/C28H29ClN4O5/c1-18(2)21-7-4-19(5-8-21)15-30-27(35)28(36)33-31-16-20-6-13-24(25(14-20)37-3)38-17-26(34)32-23-11-9-22(29)10-12-23/h4-14,16,18H,15,17H2,1-3H3,(H,30,35)(H,32,34)(H,33,36)/b31-16-. The minimum atomic E-state index is -0.890. The zero-order valence-electron chi connectivity index (χ0n) is 21.3. The Balaban J connectivity index is 1.47. The number of methoxy groups -OCH3 is 1. The second kappa shape index (κ2) is 13.8. The zero-order valence-corrected chi connectivity index (χ0v) is 22.0. The van der Waals surface area contributed by atoms with Crippen LogP contribution in [0.2, 0.25) is 5.02 Å². The van der Waals surface area contributed by atoms with Gasteiger partial charge in [-0.3, -0.25) is 14.4 Å². The summed E-state index contributed by atoms with van der Waals surface area (Å²) in [4.78, 5) is 36.3. The van der Waals surface area contributed by atoms with Crippen LogP contribution in [0.15, 0.2) is 71.8 Å². The highest BCUT2D eigenvalue weighted by molar-refractivity contribution is 6.35. The van der Waals surface area contributed by atoms with E-state index in [2.05, 4.69) is 35.0 Å². The highest BCUT2D eigenvalue weighted by Gasteiger charge is 2.13. The molecular weight excluding hydrogens is 508 g/mol. The summed E-state index contributed by atoms with van der Waals surface area (Å²) in [5.74, 6) is -0.916. The quantitative estimate of drug-likeness (QED) is 0.203. The Morgan fingerprint density at radius 1 is 0.947 bits per heavy atom. The third-order valence-corrected chi connectivity index (χ3v) is 5.61. The first-order valence-electron chi connectivity index (χ1n) is 11.8. The summed E-state index contributed by atoms with van der Waals surface area (Å²) in [5, 5.41) is 9.66. The largest absolute Gasteiger partial charge is 0.493 e. The van der Waals surface area contributed by atoms with Crippen molar-refractivity contribution in [3.8, 4) is 11.5 Å². The molecule has 0 aliphatic carbocycles. The molecule has 198 valence electrons. The molecule has 0 aliphatic heterocycles.